The predicted octanol–water partition coefficient (Wildman–Crippen LogP) is 3.03. The second-order valence-corrected chi connectivity index (χ2v) is 4.98. The number of nitrogens with zero attached hydrogens (tertiary/aromatic N) is 1. The molecule has 0 spiro atoms. The van der Waals surface area contributed by atoms with Crippen LogP contribution in [-0.2, 0) is 12.2 Å². The monoisotopic (exact) mass is 255 g/mol. The Balaban J connectivity index is 2.47. The van der Waals surface area contributed by atoms with Gasteiger partial charge in [0.2, 0.25) is 0 Å². The number of nitriles is 1. The van der Waals surface area contributed by atoms with Crippen molar-refractivity contribution in [3.05, 3.63) is 47.5 Å². The molecule has 0 saturated heterocycles. The zero-order chi connectivity index (χ0) is 13.0. The van der Waals surface area contributed by atoms with Gasteiger partial charge in [0, 0.05) is 5.75 Å². The van der Waals surface area contributed by atoms with E-state index in [2.05, 4.69) is 12.1 Å². The molecule has 0 aliphatic rings. The van der Waals surface area contributed by atoms with Crippen molar-refractivity contribution < 1.29 is 0 Å². The highest BCUT2D eigenvalue weighted by atomic mass is 32.2. The van der Waals surface area contributed by atoms with Crippen LogP contribution in [0.4, 0.5) is 0 Å². The lowest BCUT2D eigenvalue weighted by Gasteiger charge is -2.08. The maximum atomic E-state index is 8.79. The molecule has 0 fully saturated rings. The normalized spacial score (nSPS) is 10.2. The number of nitrogens with two attached hydrogens (primary N) is 1. The predicted molar refractivity (Wildman–Crippen MR) is 76.5 cm³/mol. The first kappa shape index (κ1) is 12.5. The van der Waals surface area contributed by atoms with Gasteiger partial charge in [-0.1, -0.05) is 48.2 Å². The van der Waals surface area contributed by atoms with E-state index in [4.69, 9.17) is 16.4 Å². The minimum absolute atomic E-state index is 0.116. The van der Waals surface area contributed by atoms with Crippen molar-refractivity contribution in [3.63, 3.8) is 0 Å². The van der Waals surface area contributed by atoms with E-state index >= 15 is 0 Å². The van der Waals surface area contributed by atoms with Crippen LogP contribution in [-0.4, -0.2) is 5.17 Å². The van der Waals surface area contributed by atoms with Gasteiger partial charge in [-0.05, 0) is 21.9 Å². The summed E-state index contributed by atoms with van der Waals surface area (Å²) in [7, 11) is 0. The maximum absolute atomic E-state index is 8.79. The molecule has 0 aliphatic carbocycles. The number of nitrogens with one attached hydrogen (secondary N) is 1. The Morgan fingerprint density at radius 3 is 2.83 bits per heavy atom. The number of hydrogen-bond acceptors (Lipinski definition) is 3. The van der Waals surface area contributed by atoms with E-state index in [0.29, 0.717) is 12.2 Å². The van der Waals surface area contributed by atoms with Crippen LogP contribution in [0.2, 0.25) is 0 Å². The first-order chi connectivity index (χ1) is 8.70. The van der Waals surface area contributed by atoms with Crippen molar-refractivity contribution in [1.29, 1.82) is 10.7 Å². The minimum atomic E-state index is 0.116. The first-order valence-corrected chi connectivity index (χ1v) is 6.53. The topological polar surface area (TPSA) is 73.7 Å². The van der Waals surface area contributed by atoms with Crippen LogP contribution < -0.4 is 5.73 Å². The zero-order valence-electron chi connectivity index (χ0n) is 9.81. The molecule has 0 aliphatic heterocycles. The van der Waals surface area contributed by atoms with Crippen LogP contribution in [0.3, 0.4) is 0 Å². The summed E-state index contributed by atoms with van der Waals surface area (Å²) in [5, 5.41) is 18.5. The Kier molecular flexibility index (Phi) is 3.85. The Morgan fingerprint density at radius 1 is 1.33 bits per heavy atom. The largest absolute Gasteiger partial charge is 0.379 e. The van der Waals surface area contributed by atoms with Crippen LogP contribution in [0.1, 0.15) is 11.1 Å². The van der Waals surface area contributed by atoms with Gasteiger partial charge in [-0.3, -0.25) is 5.41 Å². The molecule has 0 amide bonds. The molecule has 4 heteroatoms. The van der Waals surface area contributed by atoms with Crippen molar-refractivity contribution >= 4 is 27.7 Å². The smallest absolute Gasteiger partial charge is 0.151 e. The molecule has 0 heterocycles. The standard InChI is InChI=1S/C14H13N3S/c15-6-5-10-7-11-3-1-2-4-13(11)12(8-10)9-18-14(16)17/h1-4,7-8H,5,9H2,(H3,16,17). The Morgan fingerprint density at radius 2 is 2.11 bits per heavy atom. The number of amidine groups is 1. The molecular weight excluding hydrogens is 242 g/mol. The third-order valence-corrected chi connectivity index (χ3v) is 3.44. The molecule has 0 saturated carbocycles. The van der Waals surface area contributed by atoms with Gasteiger partial charge in [-0.15, -0.1) is 0 Å². The number of rotatable bonds is 3. The quantitative estimate of drug-likeness (QED) is 0.654. The van der Waals surface area contributed by atoms with Crippen molar-refractivity contribution in [1.82, 2.24) is 0 Å². The summed E-state index contributed by atoms with van der Waals surface area (Å²) in [5.41, 5.74) is 7.51. The van der Waals surface area contributed by atoms with Gasteiger partial charge in [-0.25, -0.2) is 0 Å². The summed E-state index contributed by atoms with van der Waals surface area (Å²) in [6, 6.07) is 14.3. The van der Waals surface area contributed by atoms with E-state index in [1.54, 1.807) is 0 Å². The molecule has 0 unspecified atom stereocenters. The van der Waals surface area contributed by atoms with Crippen molar-refractivity contribution in [2.24, 2.45) is 5.73 Å². The highest BCUT2D eigenvalue weighted by molar-refractivity contribution is 8.13. The van der Waals surface area contributed by atoms with E-state index in [0.717, 1.165) is 21.9 Å². The third kappa shape index (κ3) is 2.82. The summed E-state index contributed by atoms with van der Waals surface area (Å²) in [5.74, 6) is 0.662. The average Bonchev–Trinajstić information content (AvgIpc) is 2.36. The Labute approximate surface area is 110 Å². The van der Waals surface area contributed by atoms with Gasteiger partial charge >= 0.3 is 0 Å². The molecule has 0 radical (unpaired) electrons. The van der Waals surface area contributed by atoms with Crippen molar-refractivity contribution in [3.8, 4) is 6.07 Å². The number of benzene rings is 2. The van der Waals surface area contributed by atoms with Gasteiger partial charge in [0.1, 0.15) is 0 Å². The SMILES string of the molecule is N#CCc1cc(CSC(=N)N)c2ccccc2c1. The van der Waals surface area contributed by atoms with Crippen LogP contribution >= 0.6 is 11.8 Å². The highest BCUT2D eigenvalue weighted by Crippen LogP contribution is 2.25. The van der Waals surface area contributed by atoms with Gasteiger partial charge < -0.3 is 5.73 Å². The van der Waals surface area contributed by atoms with E-state index in [1.165, 1.54) is 11.8 Å². The lowest BCUT2D eigenvalue weighted by atomic mass is 10.0. The first-order valence-electron chi connectivity index (χ1n) is 5.55. The fourth-order valence-electron chi connectivity index (χ4n) is 1.93. The molecule has 3 N–H and O–H groups in total. The molecular formula is C14H13N3S. The van der Waals surface area contributed by atoms with Gasteiger partial charge in [0.15, 0.2) is 5.17 Å². The fourth-order valence-corrected chi connectivity index (χ4v) is 2.48. The Hall–Kier alpha value is -1.99. The van der Waals surface area contributed by atoms with Crippen molar-refractivity contribution in [2.75, 3.05) is 0 Å². The van der Waals surface area contributed by atoms with E-state index < -0.39 is 0 Å². The Bertz CT molecular complexity index is 628. The summed E-state index contributed by atoms with van der Waals surface area (Å²) in [4.78, 5) is 0. The van der Waals surface area contributed by atoms with Crippen LogP contribution in [0.25, 0.3) is 10.8 Å². The van der Waals surface area contributed by atoms with Gasteiger partial charge in [0.25, 0.3) is 0 Å². The fraction of sp³-hybridized carbons (Fsp3) is 0.143. The molecule has 2 rings (SSSR count). The average molecular weight is 255 g/mol. The molecule has 2 aromatic rings. The van der Waals surface area contributed by atoms with Crippen LogP contribution in [0.5, 0.6) is 0 Å². The maximum Gasteiger partial charge on any atom is 0.151 e. The molecule has 0 aromatic heterocycles. The minimum Gasteiger partial charge on any atom is -0.379 e. The number of hydrogen-bond donors (Lipinski definition) is 2. The van der Waals surface area contributed by atoms with Crippen LogP contribution in [0, 0.1) is 16.7 Å². The van der Waals surface area contributed by atoms with Gasteiger partial charge in [-0.2, -0.15) is 5.26 Å². The molecule has 90 valence electrons. The third-order valence-electron chi connectivity index (χ3n) is 2.67. The van der Waals surface area contributed by atoms with Gasteiger partial charge in [0.05, 0.1) is 12.5 Å². The molecule has 0 bridgehead atoms. The van der Waals surface area contributed by atoms with E-state index in [9.17, 15) is 0 Å². The summed E-state index contributed by atoms with van der Waals surface area (Å²) in [6.45, 7) is 0. The summed E-state index contributed by atoms with van der Waals surface area (Å²) < 4.78 is 0. The lowest BCUT2D eigenvalue weighted by molar-refractivity contribution is 1.25. The number of fused-ring (bicyclic) bond motifs is 1. The lowest BCUT2D eigenvalue weighted by Crippen LogP contribution is -2.04. The molecule has 18 heavy (non-hydrogen) atoms. The van der Waals surface area contributed by atoms with E-state index in [1.807, 2.05) is 30.3 Å². The summed E-state index contributed by atoms with van der Waals surface area (Å²) >= 11 is 1.30. The highest BCUT2D eigenvalue weighted by Gasteiger charge is 2.05. The van der Waals surface area contributed by atoms with Crippen molar-refractivity contribution in [2.45, 2.75) is 12.2 Å². The second kappa shape index (κ2) is 5.56. The number of thioether (sulfide) groups is 1. The molecule has 3 nitrogen and oxygen atoms in total. The zero-order valence-corrected chi connectivity index (χ0v) is 10.6. The molecule has 2 aromatic carbocycles. The second-order valence-electron chi connectivity index (χ2n) is 3.96. The summed E-state index contributed by atoms with van der Waals surface area (Å²) in [6.07, 6.45) is 0.405. The van der Waals surface area contributed by atoms with E-state index in [-0.39, 0.29) is 5.17 Å². The van der Waals surface area contributed by atoms with Crippen LogP contribution in [0.15, 0.2) is 36.4 Å². The molecule has 0 atom stereocenters.